The number of allylic oxidation sites excluding steroid dienone is 6. The molecule has 100 valence electrons. The molecule has 0 saturated heterocycles. The van der Waals surface area contributed by atoms with Gasteiger partial charge >= 0.3 is 0 Å². The van der Waals surface area contributed by atoms with Gasteiger partial charge in [0, 0.05) is 18.2 Å². The number of fused-ring (bicyclic) bond motifs is 2. The maximum atomic E-state index is 11.8. The fraction of sp³-hybridized carbons (Fsp3) is 0.250. The first-order valence-corrected chi connectivity index (χ1v) is 7.62. The van der Waals surface area contributed by atoms with Crippen molar-refractivity contribution in [3.63, 3.8) is 0 Å². The summed E-state index contributed by atoms with van der Waals surface area (Å²) in [6.07, 6.45) is 12.8. The molecule has 0 atom stereocenters. The molecule has 0 spiro atoms. The molecule has 2 heterocycles. The number of hydrogen-bond acceptors (Lipinski definition) is 3. The van der Waals surface area contributed by atoms with Gasteiger partial charge in [-0.15, -0.1) is 0 Å². The molecule has 0 saturated carbocycles. The standard InChI is InChI=1S/C16H13BrN2O/c17-16-12-7-6-11(20)9-14(12)19-8-2-4-10-3-1-5-13(18-16)15(10)19/h2,4,6-7,9H,1,3,5,8H2. The van der Waals surface area contributed by atoms with Crippen LogP contribution in [-0.4, -0.2) is 22.9 Å². The van der Waals surface area contributed by atoms with Crippen molar-refractivity contribution in [3.8, 4) is 0 Å². The van der Waals surface area contributed by atoms with Crippen molar-refractivity contribution < 1.29 is 4.79 Å². The third-order valence-electron chi connectivity index (χ3n) is 4.03. The Morgan fingerprint density at radius 2 is 2.10 bits per heavy atom. The fourth-order valence-corrected chi connectivity index (χ4v) is 3.72. The maximum absolute atomic E-state index is 11.8. The average molecular weight is 329 g/mol. The van der Waals surface area contributed by atoms with Crippen LogP contribution in [0, 0.1) is 0 Å². The second kappa shape index (κ2) is 4.42. The summed E-state index contributed by atoms with van der Waals surface area (Å²) in [5.41, 5.74) is 5.63. The molecule has 0 radical (unpaired) electrons. The summed E-state index contributed by atoms with van der Waals surface area (Å²) in [5.74, 6) is 0.0417. The van der Waals surface area contributed by atoms with E-state index in [9.17, 15) is 4.79 Å². The Morgan fingerprint density at radius 3 is 3.00 bits per heavy atom. The van der Waals surface area contributed by atoms with Crippen LogP contribution in [0.5, 0.6) is 0 Å². The highest BCUT2D eigenvalue weighted by molar-refractivity contribution is 9.11. The van der Waals surface area contributed by atoms with Gasteiger partial charge in [0.05, 0.1) is 17.1 Å². The highest BCUT2D eigenvalue weighted by Crippen LogP contribution is 2.39. The smallest absolute Gasteiger partial charge is 0.180 e. The van der Waals surface area contributed by atoms with Gasteiger partial charge in [-0.3, -0.25) is 4.79 Å². The van der Waals surface area contributed by atoms with E-state index >= 15 is 0 Å². The van der Waals surface area contributed by atoms with Gasteiger partial charge < -0.3 is 4.90 Å². The zero-order valence-corrected chi connectivity index (χ0v) is 12.5. The molecule has 0 aromatic rings. The summed E-state index contributed by atoms with van der Waals surface area (Å²) in [6, 6.07) is 0. The minimum Gasteiger partial charge on any atom is -0.335 e. The van der Waals surface area contributed by atoms with Gasteiger partial charge in [0.15, 0.2) is 5.78 Å². The topological polar surface area (TPSA) is 32.7 Å². The van der Waals surface area contributed by atoms with E-state index in [2.05, 4.69) is 33.0 Å². The highest BCUT2D eigenvalue weighted by Gasteiger charge is 2.32. The Labute approximate surface area is 125 Å². The molecule has 0 bridgehead atoms. The van der Waals surface area contributed by atoms with Crippen molar-refractivity contribution in [2.24, 2.45) is 4.99 Å². The van der Waals surface area contributed by atoms with Crippen molar-refractivity contribution in [2.45, 2.75) is 19.3 Å². The Bertz CT molecular complexity index is 704. The van der Waals surface area contributed by atoms with E-state index in [4.69, 9.17) is 4.99 Å². The predicted molar refractivity (Wildman–Crippen MR) is 82.3 cm³/mol. The quantitative estimate of drug-likeness (QED) is 0.638. The van der Waals surface area contributed by atoms with Crippen molar-refractivity contribution in [3.05, 3.63) is 57.5 Å². The van der Waals surface area contributed by atoms with Gasteiger partial charge in [0.1, 0.15) is 4.61 Å². The van der Waals surface area contributed by atoms with Gasteiger partial charge in [-0.05, 0) is 52.9 Å². The van der Waals surface area contributed by atoms with Gasteiger partial charge in [0.25, 0.3) is 0 Å². The number of ketones is 1. The highest BCUT2D eigenvalue weighted by atomic mass is 79.9. The van der Waals surface area contributed by atoms with E-state index in [0.717, 1.165) is 47.4 Å². The molecular formula is C16H13BrN2O. The normalized spacial score (nSPS) is 24.2. The van der Waals surface area contributed by atoms with Crippen LogP contribution in [0.1, 0.15) is 19.3 Å². The minimum absolute atomic E-state index is 0.0417. The number of rotatable bonds is 0. The number of halogens is 1. The second-order valence-electron chi connectivity index (χ2n) is 5.27. The van der Waals surface area contributed by atoms with E-state index < -0.39 is 0 Å². The SMILES string of the molecule is O=C1C=CC2=C(Br)N=C3CCCC4=C3N(CC=C4)C2=C1. The molecule has 3 nitrogen and oxygen atoms in total. The number of carbonyl (C=O) groups is 1. The number of carbonyl (C=O) groups excluding carboxylic acids is 1. The van der Waals surface area contributed by atoms with Crippen LogP contribution in [0.3, 0.4) is 0 Å². The van der Waals surface area contributed by atoms with Gasteiger partial charge in [-0.25, -0.2) is 4.99 Å². The summed E-state index contributed by atoms with van der Waals surface area (Å²) in [7, 11) is 0. The molecule has 0 aromatic heterocycles. The number of nitrogens with zero attached hydrogens (tertiary/aromatic N) is 2. The van der Waals surface area contributed by atoms with Gasteiger partial charge in [-0.1, -0.05) is 12.2 Å². The fourth-order valence-electron chi connectivity index (χ4n) is 3.17. The van der Waals surface area contributed by atoms with E-state index in [0.29, 0.717) is 0 Å². The van der Waals surface area contributed by atoms with Crippen LogP contribution in [0.4, 0.5) is 0 Å². The lowest BCUT2D eigenvalue weighted by Crippen LogP contribution is -2.32. The Kier molecular flexibility index (Phi) is 2.67. The molecule has 4 heteroatoms. The molecule has 4 aliphatic rings. The Morgan fingerprint density at radius 1 is 1.20 bits per heavy atom. The molecule has 0 unspecified atom stereocenters. The Hall–Kier alpha value is -1.68. The van der Waals surface area contributed by atoms with E-state index in [1.807, 2.05) is 6.08 Å². The van der Waals surface area contributed by atoms with Gasteiger partial charge in [0.2, 0.25) is 0 Å². The van der Waals surface area contributed by atoms with Crippen LogP contribution < -0.4 is 0 Å². The number of hydrogen-bond donors (Lipinski definition) is 0. The molecular weight excluding hydrogens is 316 g/mol. The monoisotopic (exact) mass is 328 g/mol. The van der Waals surface area contributed by atoms with Crippen LogP contribution >= 0.6 is 15.9 Å². The van der Waals surface area contributed by atoms with E-state index in [1.165, 1.54) is 11.3 Å². The third kappa shape index (κ3) is 1.71. The first kappa shape index (κ1) is 12.1. The van der Waals surface area contributed by atoms with Crippen molar-refractivity contribution in [1.29, 1.82) is 0 Å². The summed E-state index contributed by atoms with van der Waals surface area (Å²) < 4.78 is 0.825. The zero-order chi connectivity index (χ0) is 13.7. The molecule has 2 aliphatic heterocycles. The summed E-state index contributed by atoms with van der Waals surface area (Å²) in [5, 5.41) is 0. The maximum Gasteiger partial charge on any atom is 0.180 e. The lowest BCUT2D eigenvalue weighted by atomic mass is 9.90. The lowest BCUT2D eigenvalue weighted by Gasteiger charge is -2.35. The summed E-state index contributed by atoms with van der Waals surface area (Å²) in [4.78, 5) is 18.8. The third-order valence-corrected chi connectivity index (χ3v) is 4.63. The van der Waals surface area contributed by atoms with E-state index in [-0.39, 0.29) is 5.78 Å². The molecule has 0 fully saturated rings. The largest absolute Gasteiger partial charge is 0.335 e. The van der Waals surface area contributed by atoms with E-state index in [1.54, 1.807) is 12.2 Å². The molecule has 20 heavy (non-hydrogen) atoms. The molecule has 0 N–H and O–H groups in total. The average Bonchev–Trinajstić information content (AvgIpc) is 2.57. The molecule has 2 aliphatic carbocycles. The van der Waals surface area contributed by atoms with Crippen molar-refractivity contribution in [2.75, 3.05) is 6.54 Å². The second-order valence-corrected chi connectivity index (χ2v) is 6.02. The summed E-state index contributed by atoms with van der Waals surface area (Å²) in [6.45, 7) is 0.800. The first-order chi connectivity index (χ1) is 9.74. The van der Waals surface area contributed by atoms with Crippen molar-refractivity contribution >= 4 is 27.4 Å². The first-order valence-electron chi connectivity index (χ1n) is 6.83. The van der Waals surface area contributed by atoms with Gasteiger partial charge in [-0.2, -0.15) is 0 Å². The Balaban J connectivity index is 1.98. The summed E-state index contributed by atoms with van der Waals surface area (Å²) >= 11 is 3.58. The lowest BCUT2D eigenvalue weighted by molar-refractivity contribution is -0.110. The van der Waals surface area contributed by atoms with Crippen LogP contribution in [0.15, 0.2) is 62.5 Å². The van der Waals surface area contributed by atoms with Crippen LogP contribution in [0.25, 0.3) is 0 Å². The minimum atomic E-state index is 0.0417. The predicted octanol–water partition coefficient (Wildman–Crippen LogP) is 3.38. The molecule has 0 amide bonds. The number of aliphatic imine (C=N–C) groups is 1. The molecule has 4 rings (SSSR count). The zero-order valence-electron chi connectivity index (χ0n) is 10.9. The van der Waals surface area contributed by atoms with Crippen molar-refractivity contribution in [1.82, 2.24) is 4.90 Å². The molecule has 0 aromatic carbocycles. The van der Waals surface area contributed by atoms with Crippen LogP contribution in [-0.2, 0) is 4.79 Å². The van der Waals surface area contributed by atoms with Crippen LogP contribution in [0.2, 0.25) is 0 Å².